The van der Waals surface area contributed by atoms with Gasteiger partial charge in [0, 0.05) is 17.8 Å². The molecule has 19 heavy (non-hydrogen) atoms. The number of carbonyl (C=O) groups excluding carboxylic acids is 1. The van der Waals surface area contributed by atoms with Gasteiger partial charge in [-0.3, -0.25) is 0 Å². The third-order valence-electron chi connectivity index (χ3n) is 2.73. The molecular weight excluding hydrogens is 294 g/mol. The van der Waals surface area contributed by atoms with Gasteiger partial charge in [-0.1, -0.05) is 0 Å². The second-order valence-corrected chi connectivity index (χ2v) is 8.41. The molecule has 0 saturated carbocycles. The van der Waals surface area contributed by atoms with E-state index >= 15 is 0 Å². The molecule has 2 unspecified atom stereocenters. The first kappa shape index (κ1) is 16.5. The third kappa shape index (κ3) is 5.54. The maximum absolute atomic E-state index is 12.0. The van der Waals surface area contributed by atoms with Crippen molar-refractivity contribution in [2.24, 2.45) is 0 Å². The first-order valence-corrected chi connectivity index (χ1v) is 8.44. The summed E-state index contributed by atoms with van der Waals surface area (Å²) in [6.45, 7) is 5.56. The standard InChI is InChI=1S/C11H20ClNO5S/c1-11(2,3)18-10(14)13-6-9(17-4)5-8(13)7-19(12,15)16/h8-9H,5-7H2,1-4H3. The number of hydrogen-bond acceptors (Lipinski definition) is 5. The highest BCUT2D eigenvalue weighted by molar-refractivity contribution is 8.13. The smallest absolute Gasteiger partial charge is 0.410 e. The minimum atomic E-state index is -3.68. The molecule has 8 heteroatoms. The van der Waals surface area contributed by atoms with Crippen molar-refractivity contribution in [1.82, 2.24) is 4.90 Å². The van der Waals surface area contributed by atoms with E-state index in [1.165, 1.54) is 12.0 Å². The lowest BCUT2D eigenvalue weighted by Crippen LogP contribution is -2.42. The molecule has 2 atom stereocenters. The van der Waals surface area contributed by atoms with Crippen LogP contribution in [0.4, 0.5) is 4.79 Å². The molecule has 1 rings (SSSR count). The first-order chi connectivity index (χ1) is 8.52. The van der Waals surface area contributed by atoms with Crippen LogP contribution >= 0.6 is 10.7 Å². The summed E-state index contributed by atoms with van der Waals surface area (Å²) in [5.41, 5.74) is -0.632. The van der Waals surface area contributed by atoms with Crippen LogP contribution in [0.3, 0.4) is 0 Å². The molecule has 112 valence electrons. The van der Waals surface area contributed by atoms with E-state index in [9.17, 15) is 13.2 Å². The summed E-state index contributed by atoms with van der Waals surface area (Å²) in [7, 11) is 3.10. The molecule has 1 fully saturated rings. The van der Waals surface area contributed by atoms with Crippen molar-refractivity contribution in [3.8, 4) is 0 Å². The molecule has 0 spiro atoms. The maximum Gasteiger partial charge on any atom is 0.410 e. The van der Waals surface area contributed by atoms with Gasteiger partial charge < -0.3 is 14.4 Å². The number of carbonyl (C=O) groups is 1. The summed E-state index contributed by atoms with van der Waals surface area (Å²) in [5, 5.41) is 0. The highest BCUT2D eigenvalue weighted by Gasteiger charge is 2.39. The Bertz CT molecular complexity index is 431. The Balaban J connectivity index is 2.80. The highest BCUT2D eigenvalue weighted by Crippen LogP contribution is 2.24. The molecule has 0 N–H and O–H groups in total. The lowest BCUT2D eigenvalue weighted by Gasteiger charge is -2.27. The fourth-order valence-electron chi connectivity index (χ4n) is 1.98. The van der Waals surface area contributed by atoms with E-state index in [0.717, 1.165) is 0 Å². The molecular formula is C11H20ClNO5S. The lowest BCUT2D eigenvalue weighted by molar-refractivity contribution is 0.0209. The molecule has 0 aliphatic carbocycles. The molecule has 1 heterocycles. The second-order valence-electron chi connectivity index (χ2n) is 5.59. The van der Waals surface area contributed by atoms with Crippen molar-refractivity contribution in [2.75, 3.05) is 19.4 Å². The zero-order chi connectivity index (χ0) is 14.8. The van der Waals surface area contributed by atoms with Crippen molar-refractivity contribution in [2.45, 2.75) is 44.9 Å². The normalized spacial score (nSPS) is 24.6. The average Bonchev–Trinajstić information content (AvgIpc) is 2.55. The van der Waals surface area contributed by atoms with Crippen molar-refractivity contribution in [3.05, 3.63) is 0 Å². The third-order valence-corrected chi connectivity index (χ3v) is 3.89. The molecule has 1 aliphatic heterocycles. The second kappa shape index (κ2) is 5.85. The van der Waals surface area contributed by atoms with E-state index in [1.54, 1.807) is 20.8 Å². The van der Waals surface area contributed by atoms with Gasteiger partial charge in [0.25, 0.3) is 0 Å². The molecule has 0 radical (unpaired) electrons. The van der Waals surface area contributed by atoms with Crippen molar-refractivity contribution in [1.29, 1.82) is 0 Å². The fraction of sp³-hybridized carbons (Fsp3) is 0.909. The predicted octanol–water partition coefficient (Wildman–Crippen LogP) is 1.58. The number of amides is 1. The highest BCUT2D eigenvalue weighted by atomic mass is 35.7. The van der Waals surface area contributed by atoms with E-state index < -0.39 is 26.8 Å². The number of likely N-dealkylation sites (tertiary alicyclic amines) is 1. The largest absolute Gasteiger partial charge is 0.444 e. The Morgan fingerprint density at radius 1 is 1.42 bits per heavy atom. The summed E-state index contributed by atoms with van der Waals surface area (Å²) in [5.74, 6) is -0.298. The van der Waals surface area contributed by atoms with Crippen LogP contribution in [0.2, 0.25) is 0 Å². The number of rotatable bonds is 3. The van der Waals surface area contributed by atoms with Gasteiger partial charge >= 0.3 is 6.09 Å². The summed E-state index contributed by atoms with van der Waals surface area (Å²) < 4.78 is 32.8. The Hall–Kier alpha value is -0.530. The molecule has 0 aromatic heterocycles. The minimum Gasteiger partial charge on any atom is -0.444 e. The maximum atomic E-state index is 12.0. The van der Waals surface area contributed by atoms with Crippen molar-refractivity contribution < 1.29 is 22.7 Å². The monoisotopic (exact) mass is 313 g/mol. The van der Waals surface area contributed by atoms with Gasteiger partial charge in [-0.05, 0) is 27.2 Å². The molecule has 0 aromatic rings. The van der Waals surface area contributed by atoms with Gasteiger partial charge in [0.2, 0.25) is 9.05 Å². The fourth-order valence-corrected chi connectivity index (χ4v) is 3.19. The van der Waals surface area contributed by atoms with Gasteiger partial charge in [0.15, 0.2) is 0 Å². The van der Waals surface area contributed by atoms with Crippen LogP contribution in [-0.4, -0.2) is 56.6 Å². The Morgan fingerprint density at radius 3 is 2.42 bits per heavy atom. The van der Waals surface area contributed by atoms with Gasteiger partial charge in [0.05, 0.1) is 24.4 Å². The number of hydrogen-bond donors (Lipinski definition) is 0. The summed E-state index contributed by atoms with van der Waals surface area (Å²) in [6, 6.07) is -0.512. The van der Waals surface area contributed by atoms with Crippen LogP contribution in [0.25, 0.3) is 0 Å². The number of methoxy groups -OCH3 is 1. The first-order valence-electron chi connectivity index (χ1n) is 5.96. The summed E-state index contributed by atoms with van der Waals surface area (Å²) in [6.07, 6.45) is -0.310. The average molecular weight is 314 g/mol. The van der Waals surface area contributed by atoms with Crippen LogP contribution < -0.4 is 0 Å². The van der Waals surface area contributed by atoms with E-state index in [4.69, 9.17) is 20.2 Å². The zero-order valence-electron chi connectivity index (χ0n) is 11.6. The van der Waals surface area contributed by atoms with E-state index in [1.807, 2.05) is 0 Å². The topological polar surface area (TPSA) is 72.9 Å². The van der Waals surface area contributed by atoms with E-state index in [-0.39, 0.29) is 11.9 Å². The Labute approximate surface area is 118 Å². The molecule has 1 saturated heterocycles. The van der Waals surface area contributed by atoms with E-state index in [2.05, 4.69) is 0 Å². The zero-order valence-corrected chi connectivity index (χ0v) is 13.1. The SMILES string of the molecule is COC1CC(CS(=O)(=O)Cl)N(C(=O)OC(C)(C)C)C1. The lowest BCUT2D eigenvalue weighted by atomic mass is 10.2. The Morgan fingerprint density at radius 2 is 2.00 bits per heavy atom. The molecule has 1 amide bonds. The van der Waals surface area contributed by atoms with Crippen LogP contribution in [-0.2, 0) is 18.5 Å². The number of ether oxygens (including phenoxy) is 2. The Kier molecular flexibility index (Phi) is 5.08. The molecule has 6 nitrogen and oxygen atoms in total. The van der Waals surface area contributed by atoms with Crippen molar-refractivity contribution >= 4 is 25.8 Å². The van der Waals surface area contributed by atoms with Crippen LogP contribution in [0, 0.1) is 0 Å². The van der Waals surface area contributed by atoms with Gasteiger partial charge in [-0.15, -0.1) is 0 Å². The molecule has 1 aliphatic rings. The molecule has 0 bridgehead atoms. The number of nitrogens with zero attached hydrogens (tertiary/aromatic N) is 1. The quantitative estimate of drug-likeness (QED) is 0.740. The number of halogens is 1. The van der Waals surface area contributed by atoms with Crippen LogP contribution in [0.15, 0.2) is 0 Å². The van der Waals surface area contributed by atoms with Gasteiger partial charge in [0.1, 0.15) is 5.60 Å². The van der Waals surface area contributed by atoms with Gasteiger partial charge in [-0.25, -0.2) is 13.2 Å². The molecule has 0 aromatic carbocycles. The summed E-state index contributed by atoms with van der Waals surface area (Å²) in [4.78, 5) is 13.4. The van der Waals surface area contributed by atoms with Crippen LogP contribution in [0.5, 0.6) is 0 Å². The summed E-state index contributed by atoms with van der Waals surface area (Å²) >= 11 is 0. The van der Waals surface area contributed by atoms with Gasteiger partial charge in [-0.2, -0.15) is 0 Å². The van der Waals surface area contributed by atoms with Crippen molar-refractivity contribution in [3.63, 3.8) is 0 Å². The minimum absolute atomic E-state index is 0.198. The van der Waals surface area contributed by atoms with Crippen LogP contribution in [0.1, 0.15) is 27.2 Å². The predicted molar refractivity (Wildman–Crippen MR) is 71.8 cm³/mol. The van der Waals surface area contributed by atoms with E-state index in [0.29, 0.717) is 13.0 Å².